The van der Waals surface area contributed by atoms with Crippen LogP contribution in [0.5, 0.6) is 0 Å². The number of piperazine rings is 1. The number of hydrogen-bond donors (Lipinski definition) is 1. The minimum atomic E-state index is -0.155. The molecule has 0 aromatic carbocycles. The number of esters is 1. The normalized spacial score (nSPS) is 22.7. The van der Waals surface area contributed by atoms with E-state index in [9.17, 15) is 4.79 Å². The fourth-order valence-corrected chi connectivity index (χ4v) is 1.63. The van der Waals surface area contributed by atoms with Gasteiger partial charge in [-0.2, -0.15) is 0 Å². The van der Waals surface area contributed by atoms with Crippen molar-refractivity contribution in [3.05, 3.63) is 0 Å². The van der Waals surface area contributed by atoms with Crippen LogP contribution in [-0.2, 0) is 9.53 Å². The van der Waals surface area contributed by atoms with Crippen LogP contribution in [0.4, 0.5) is 0 Å². The van der Waals surface area contributed by atoms with E-state index in [4.69, 9.17) is 0 Å². The predicted octanol–water partition coefficient (Wildman–Crippen LogP) is -0.157. The summed E-state index contributed by atoms with van der Waals surface area (Å²) in [7, 11) is 1.43. The molecule has 0 unspecified atom stereocenters. The molecule has 1 saturated heterocycles. The summed E-state index contributed by atoms with van der Waals surface area (Å²) < 4.78 is 4.62. The SMILES string of the molecule is COC(=O)CN1CCNC(C)(C)C1. The van der Waals surface area contributed by atoms with E-state index in [1.807, 2.05) is 0 Å². The van der Waals surface area contributed by atoms with Crippen molar-refractivity contribution < 1.29 is 9.53 Å². The Morgan fingerprint density at radius 3 is 2.85 bits per heavy atom. The highest BCUT2D eigenvalue weighted by Crippen LogP contribution is 2.09. The first-order valence-corrected chi connectivity index (χ1v) is 4.58. The van der Waals surface area contributed by atoms with Crippen LogP contribution in [0.25, 0.3) is 0 Å². The average molecular weight is 186 g/mol. The topological polar surface area (TPSA) is 41.6 Å². The first-order valence-electron chi connectivity index (χ1n) is 4.58. The first kappa shape index (κ1) is 10.5. The number of methoxy groups -OCH3 is 1. The highest BCUT2D eigenvalue weighted by molar-refractivity contribution is 5.71. The van der Waals surface area contributed by atoms with Gasteiger partial charge in [0, 0.05) is 25.2 Å². The maximum absolute atomic E-state index is 11.0. The third-order valence-electron chi connectivity index (χ3n) is 2.23. The van der Waals surface area contributed by atoms with Crippen molar-refractivity contribution in [3.63, 3.8) is 0 Å². The molecule has 0 saturated carbocycles. The molecule has 0 aromatic heterocycles. The lowest BCUT2D eigenvalue weighted by molar-refractivity contribution is -0.142. The van der Waals surface area contributed by atoms with E-state index in [1.54, 1.807) is 0 Å². The van der Waals surface area contributed by atoms with Gasteiger partial charge in [-0.05, 0) is 13.8 Å². The van der Waals surface area contributed by atoms with Crippen LogP contribution in [0, 0.1) is 0 Å². The smallest absolute Gasteiger partial charge is 0.319 e. The number of nitrogens with one attached hydrogen (secondary N) is 1. The van der Waals surface area contributed by atoms with Crippen LogP contribution in [0.1, 0.15) is 13.8 Å². The van der Waals surface area contributed by atoms with E-state index in [0.29, 0.717) is 6.54 Å². The van der Waals surface area contributed by atoms with Crippen LogP contribution in [-0.4, -0.2) is 49.7 Å². The van der Waals surface area contributed by atoms with Crippen molar-refractivity contribution in [2.75, 3.05) is 33.3 Å². The molecule has 1 fully saturated rings. The third kappa shape index (κ3) is 3.32. The van der Waals surface area contributed by atoms with Gasteiger partial charge in [-0.25, -0.2) is 0 Å². The number of nitrogens with zero attached hydrogens (tertiary/aromatic N) is 1. The van der Waals surface area contributed by atoms with Gasteiger partial charge in [0.2, 0.25) is 0 Å². The molecule has 76 valence electrons. The summed E-state index contributed by atoms with van der Waals surface area (Å²) in [6.45, 7) is 7.42. The van der Waals surface area contributed by atoms with Gasteiger partial charge in [-0.1, -0.05) is 0 Å². The van der Waals surface area contributed by atoms with Crippen LogP contribution >= 0.6 is 0 Å². The summed E-state index contributed by atoms with van der Waals surface area (Å²) in [5.74, 6) is -0.155. The molecule has 13 heavy (non-hydrogen) atoms. The van der Waals surface area contributed by atoms with Crippen molar-refractivity contribution in [2.24, 2.45) is 0 Å². The van der Waals surface area contributed by atoms with Crippen LogP contribution in [0.3, 0.4) is 0 Å². The predicted molar refractivity (Wildman–Crippen MR) is 50.5 cm³/mol. The van der Waals surface area contributed by atoms with E-state index < -0.39 is 0 Å². The number of rotatable bonds is 2. The largest absolute Gasteiger partial charge is 0.468 e. The average Bonchev–Trinajstić information content (AvgIpc) is 2.02. The van der Waals surface area contributed by atoms with Crippen molar-refractivity contribution in [1.29, 1.82) is 0 Å². The number of ether oxygens (including phenoxy) is 1. The van der Waals surface area contributed by atoms with Gasteiger partial charge in [0.05, 0.1) is 13.7 Å². The standard InChI is InChI=1S/C9H18N2O2/c1-9(2)7-11(5-4-10-9)6-8(12)13-3/h10H,4-7H2,1-3H3. The Hall–Kier alpha value is -0.610. The molecule has 1 N–H and O–H groups in total. The molecule has 0 bridgehead atoms. The first-order chi connectivity index (χ1) is 6.03. The summed E-state index contributed by atoms with van der Waals surface area (Å²) in [4.78, 5) is 13.1. The molecule has 0 spiro atoms. The van der Waals surface area contributed by atoms with Gasteiger partial charge in [0.25, 0.3) is 0 Å². The molecular formula is C9H18N2O2. The Kier molecular flexibility index (Phi) is 3.27. The summed E-state index contributed by atoms with van der Waals surface area (Å²) >= 11 is 0. The zero-order chi connectivity index (χ0) is 9.90. The van der Waals surface area contributed by atoms with Crippen LogP contribution in [0.15, 0.2) is 0 Å². The van der Waals surface area contributed by atoms with E-state index in [2.05, 4.69) is 28.8 Å². The second kappa shape index (κ2) is 4.07. The molecule has 4 heteroatoms. The molecule has 1 aliphatic rings. The fraction of sp³-hybridized carbons (Fsp3) is 0.889. The highest BCUT2D eigenvalue weighted by Gasteiger charge is 2.26. The molecule has 1 heterocycles. The second-order valence-electron chi connectivity index (χ2n) is 4.10. The van der Waals surface area contributed by atoms with Gasteiger partial charge >= 0.3 is 5.97 Å². The summed E-state index contributed by atoms with van der Waals surface area (Å²) in [5, 5.41) is 3.39. The Balaban J connectivity index is 2.39. The summed E-state index contributed by atoms with van der Waals surface area (Å²) in [6.07, 6.45) is 0. The molecule has 1 rings (SSSR count). The Morgan fingerprint density at radius 1 is 1.62 bits per heavy atom. The lowest BCUT2D eigenvalue weighted by Crippen LogP contribution is -2.57. The minimum Gasteiger partial charge on any atom is -0.468 e. The zero-order valence-corrected chi connectivity index (χ0v) is 8.59. The van der Waals surface area contributed by atoms with Crippen molar-refractivity contribution in [1.82, 2.24) is 10.2 Å². The molecule has 1 aliphatic heterocycles. The molecular weight excluding hydrogens is 168 g/mol. The maximum atomic E-state index is 11.0. The lowest BCUT2D eigenvalue weighted by Gasteiger charge is -2.38. The quantitative estimate of drug-likeness (QED) is 0.609. The van der Waals surface area contributed by atoms with Gasteiger partial charge in [0.1, 0.15) is 0 Å². The Morgan fingerprint density at radius 2 is 2.31 bits per heavy atom. The highest BCUT2D eigenvalue weighted by atomic mass is 16.5. The molecule has 0 radical (unpaired) electrons. The Bertz CT molecular complexity index is 192. The van der Waals surface area contributed by atoms with E-state index >= 15 is 0 Å². The van der Waals surface area contributed by atoms with E-state index in [1.165, 1.54) is 7.11 Å². The van der Waals surface area contributed by atoms with Gasteiger partial charge in [-0.3, -0.25) is 9.69 Å². The number of carbonyl (C=O) groups excluding carboxylic acids is 1. The van der Waals surface area contributed by atoms with Gasteiger partial charge in [-0.15, -0.1) is 0 Å². The monoisotopic (exact) mass is 186 g/mol. The molecule has 0 amide bonds. The molecule has 4 nitrogen and oxygen atoms in total. The van der Waals surface area contributed by atoms with E-state index in [0.717, 1.165) is 19.6 Å². The van der Waals surface area contributed by atoms with Crippen LogP contribution < -0.4 is 5.32 Å². The number of hydrogen-bond acceptors (Lipinski definition) is 4. The lowest BCUT2D eigenvalue weighted by atomic mass is 10.0. The molecule has 0 aliphatic carbocycles. The van der Waals surface area contributed by atoms with Gasteiger partial charge in [0.15, 0.2) is 0 Å². The summed E-state index contributed by atoms with van der Waals surface area (Å²) in [5.41, 5.74) is 0.103. The Labute approximate surface area is 79.2 Å². The summed E-state index contributed by atoms with van der Waals surface area (Å²) in [6, 6.07) is 0. The van der Waals surface area contributed by atoms with Crippen molar-refractivity contribution in [3.8, 4) is 0 Å². The van der Waals surface area contributed by atoms with Crippen LogP contribution in [0.2, 0.25) is 0 Å². The van der Waals surface area contributed by atoms with Crippen molar-refractivity contribution in [2.45, 2.75) is 19.4 Å². The zero-order valence-electron chi connectivity index (χ0n) is 8.59. The minimum absolute atomic E-state index is 0.103. The second-order valence-corrected chi connectivity index (χ2v) is 4.10. The van der Waals surface area contributed by atoms with Gasteiger partial charge < -0.3 is 10.1 Å². The molecule has 0 atom stereocenters. The molecule has 0 aromatic rings. The van der Waals surface area contributed by atoms with E-state index in [-0.39, 0.29) is 11.5 Å². The maximum Gasteiger partial charge on any atom is 0.319 e. The fourth-order valence-electron chi connectivity index (χ4n) is 1.63. The number of carbonyl (C=O) groups is 1. The van der Waals surface area contributed by atoms with Crippen molar-refractivity contribution >= 4 is 5.97 Å². The third-order valence-corrected chi connectivity index (χ3v) is 2.23.